The number of rotatable bonds is 3. The van der Waals surface area contributed by atoms with Crippen molar-refractivity contribution < 1.29 is 4.39 Å². The van der Waals surface area contributed by atoms with Crippen LogP contribution in [-0.2, 0) is 0 Å². The molecule has 1 saturated carbocycles. The van der Waals surface area contributed by atoms with Crippen molar-refractivity contribution in [1.29, 1.82) is 0 Å². The molecule has 2 heterocycles. The number of fused-ring (bicyclic) bond motifs is 1. The fourth-order valence-corrected chi connectivity index (χ4v) is 4.60. The van der Waals surface area contributed by atoms with Crippen LogP contribution in [0.4, 0.5) is 9.52 Å². The Morgan fingerprint density at radius 2 is 2.21 bits per heavy atom. The first-order valence-electron chi connectivity index (χ1n) is 8.60. The Hall–Kier alpha value is -1.88. The van der Waals surface area contributed by atoms with E-state index in [1.54, 1.807) is 23.5 Å². The molecule has 4 rings (SSSR count). The van der Waals surface area contributed by atoms with Gasteiger partial charge in [-0.1, -0.05) is 19.8 Å². The number of halogens is 1. The Morgan fingerprint density at radius 1 is 1.33 bits per heavy atom. The molecule has 0 unspecified atom stereocenters. The molecule has 1 aromatic carbocycles. The van der Waals surface area contributed by atoms with Gasteiger partial charge in [0.25, 0.3) is 0 Å². The molecule has 24 heavy (non-hydrogen) atoms. The number of anilines is 1. The predicted molar refractivity (Wildman–Crippen MR) is 99.1 cm³/mol. The third-order valence-corrected chi connectivity index (χ3v) is 5.75. The second-order valence-corrected chi connectivity index (χ2v) is 7.82. The van der Waals surface area contributed by atoms with Gasteiger partial charge in [0, 0.05) is 33.6 Å². The van der Waals surface area contributed by atoms with E-state index in [-0.39, 0.29) is 5.82 Å². The van der Waals surface area contributed by atoms with Crippen molar-refractivity contribution in [2.24, 2.45) is 5.92 Å². The molecule has 2 aromatic heterocycles. The molecule has 1 aliphatic carbocycles. The first kappa shape index (κ1) is 15.6. The van der Waals surface area contributed by atoms with Gasteiger partial charge in [0.2, 0.25) is 0 Å². The van der Waals surface area contributed by atoms with Crippen LogP contribution in [0.5, 0.6) is 0 Å². The highest BCUT2D eigenvalue weighted by Crippen LogP contribution is 2.35. The van der Waals surface area contributed by atoms with Crippen LogP contribution in [-0.4, -0.2) is 16.0 Å². The van der Waals surface area contributed by atoms with E-state index in [1.165, 1.54) is 31.7 Å². The Bertz CT molecular complexity index is 867. The number of nitrogens with one attached hydrogen (secondary N) is 2. The molecule has 0 bridgehead atoms. The molecule has 1 aliphatic rings. The van der Waals surface area contributed by atoms with Gasteiger partial charge in [0.15, 0.2) is 5.13 Å². The number of hydrogen-bond acceptors (Lipinski definition) is 3. The molecule has 0 radical (unpaired) electrons. The van der Waals surface area contributed by atoms with Gasteiger partial charge in [-0.25, -0.2) is 9.37 Å². The average Bonchev–Trinajstić information content (AvgIpc) is 3.10. The van der Waals surface area contributed by atoms with Crippen LogP contribution in [0.2, 0.25) is 0 Å². The summed E-state index contributed by atoms with van der Waals surface area (Å²) in [5.41, 5.74) is 3.90. The number of H-pyrrole nitrogens is 1. The molecular formula is C19H22FN3S. The summed E-state index contributed by atoms with van der Waals surface area (Å²) in [5, 5.41) is 7.53. The Morgan fingerprint density at radius 3 is 3.04 bits per heavy atom. The minimum absolute atomic E-state index is 0.215. The van der Waals surface area contributed by atoms with Crippen LogP contribution < -0.4 is 5.32 Å². The lowest BCUT2D eigenvalue weighted by atomic mass is 9.87. The van der Waals surface area contributed by atoms with Gasteiger partial charge in [0.05, 0.1) is 5.69 Å². The summed E-state index contributed by atoms with van der Waals surface area (Å²) in [6.07, 6.45) is 5.06. The lowest BCUT2D eigenvalue weighted by Gasteiger charge is -2.27. The molecule has 3 nitrogen and oxygen atoms in total. The van der Waals surface area contributed by atoms with Crippen LogP contribution in [0.15, 0.2) is 23.6 Å². The third-order valence-electron chi connectivity index (χ3n) is 4.97. The standard InChI is InChI=1S/C19H22FN3S/c1-11-4-3-5-14(8-11)22-19-23-17(10-24-19)18-12(2)21-16-7-6-13(20)9-15(16)18/h6-7,9-11,14,21H,3-5,8H2,1-2H3,(H,22,23)/t11-,14-/m0/s1. The van der Waals surface area contributed by atoms with Gasteiger partial charge in [-0.2, -0.15) is 0 Å². The quantitative estimate of drug-likeness (QED) is 0.637. The number of nitrogens with zero attached hydrogens (tertiary/aromatic N) is 1. The summed E-state index contributed by atoms with van der Waals surface area (Å²) in [4.78, 5) is 8.10. The van der Waals surface area contributed by atoms with Crippen molar-refractivity contribution in [2.75, 3.05) is 5.32 Å². The molecule has 3 aromatic rings. The minimum atomic E-state index is -0.215. The zero-order valence-electron chi connectivity index (χ0n) is 14.0. The van der Waals surface area contributed by atoms with Crippen molar-refractivity contribution in [1.82, 2.24) is 9.97 Å². The van der Waals surface area contributed by atoms with E-state index in [1.807, 2.05) is 6.92 Å². The van der Waals surface area contributed by atoms with Gasteiger partial charge >= 0.3 is 0 Å². The zero-order chi connectivity index (χ0) is 16.7. The highest BCUT2D eigenvalue weighted by molar-refractivity contribution is 7.14. The molecule has 2 atom stereocenters. The summed E-state index contributed by atoms with van der Waals surface area (Å²) in [5.74, 6) is 0.571. The summed E-state index contributed by atoms with van der Waals surface area (Å²) in [6, 6.07) is 5.38. The van der Waals surface area contributed by atoms with Gasteiger partial charge < -0.3 is 10.3 Å². The lowest BCUT2D eigenvalue weighted by molar-refractivity contribution is 0.358. The summed E-state index contributed by atoms with van der Waals surface area (Å²) in [6.45, 7) is 4.34. The normalized spacial score (nSPS) is 21.3. The van der Waals surface area contributed by atoms with Gasteiger partial charge in [0.1, 0.15) is 5.82 Å². The van der Waals surface area contributed by atoms with Crippen molar-refractivity contribution in [3.63, 3.8) is 0 Å². The van der Waals surface area contributed by atoms with Crippen LogP contribution in [0.1, 0.15) is 38.3 Å². The number of aromatic nitrogens is 2. The maximum atomic E-state index is 13.6. The fourth-order valence-electron chi connectivity index (χ4n) is 3.82. The number of hydrogen-bond donors (Lipinski definition) is 2. The number of thiazole rings is 1. The maximum absolute atomic E-state index is 13.6. The van der Waals surface area contributed by atoms with Gasteiger partial charge in [-0.15, -0.1) is 11.3 Å². The molecule has 126 valence electrons. The number of aryl methyl sites for hydroxylation is 1. The smallest absolute Gasteiger partial charge is 0.183 e. The summed E-state index contributed by atoms with van der Waals surface area (Å²) < 4.78 is 13.6. The molecule has 2 N–H and O–H groups in total. The van der Waals surface area contributed by atoms with Crippen LogP contribution >= 0.6 is 11.3 Å². The van der Waals surface area contributed by atoms with Crippen LogP contribution in [0.3, 0.4) is 0 Å². The fraction of sp³-hybridized carbons (Fsp3) is 0.421. The van der Waals surface area contributed by atoms with E-state index in [4.69, 9.17) is 4.98 Å². The SMILES string of the molecule is Cc1[nH]c2ccc(F)cc2c1-c1csc(N[C@H]2CCC[C@H](C)C2)n1. The molecule has 0 spiro atoms. The number of aromatic amines is 1. The second-order valence-electron chi connectivity index (χ2n) is 6.97. The monoisotopic (exact) mass is 343 g/mol. The largest absolute Gasteiger partial charge is 0.359 e. The number of benzene rings is 1. The van der Waals surface area contributed by atoms with Crippen LogP contribution in [0.25, 0.3) is 22.2 Å². The molecular weight excluding hydrogens is 321 g/mol. The second kappa shape index (κ2) is 6.20. The zero-order valence-corrected chi connectivity index (χ0v) is 14.8. The van der Waals surface area contributed by atoms with E-state index < -0.39 is 0 Å². The lowest BCUT2D eigenvalue weighted by Crippen LogP contribution is -2.26. The molecule has 0 amide bonds. The molecule has 1 fully saturated rings. The highest BCUT2D eigenvalue weighted by Gasteiger charge is 2.20. The Kier molecular flexibility index (Phi) is 4.04. The van der Waals surface area contributed by atoms with E-state index in [0.717, 1.165) is 38.9 Å². The Labute approximate surface area is 145 Å². The third kappa shape index (κ3) is 2.93. The first-order chi connectivity index (χ1) is 11.6. The predicted octanol–water partition coefficient (Wildman–Crippen LogP) is 5.73. The topological polar surface area (TPSA) is 40.7 Å². The molecule has 5 heteroatoms. The molecule has 0 aliphatic heterocycles. The highest BCUT2D eigenvalue weighted by atomic mass is 32.1. The minimum Gasteiger partial charge on any atom is -0.359 e. The van der Waals surface area contributed by atoms with Gasteiger partial charge in [-0.3, -0.25) is 0 Å². The maximum Gasteiger partial charge on any atom is 0.183 e. The first-order valence-corrected chi connectivity index (χ1v) is 9.48. The Balaban J connectivity index is 1.63. The molecule has 0 saturated heterocycles. The van der Waals surface area contributed by atoms with E-state index in [2.05, 4.69) is 22.6 Å². The van der Waals surface area contributed by atoms with Crippen molar-refractivity contribution in [2.45, 2.75) is 45.6 Å². The van der Waals surface area contributed by atoms with Crippen molar-refractivity contribution in [3.05, 3.63) is 35.1 Å². The van der Waals surface area contributed by atoms with Crippen molar-refractivity contribution in [3.8, 4) is 11.3 Å². The van der Waals surface area contributed by atoms with Crippen LogP contribution in [0, 0.1) is 18.7 Å². The van der Waals surface area contributed by atoms with Gasteiger partial charge in [-0.05, 0) is 43.9 Å². The van der Waals surface area contributed by atoms with Crippen molar-refractivity contribution >= 4 is 27.4 Å². The average molecular weight is 343 g/mol. The van der Waals surface area contributed by atoms with E-state index in [0.29, 0.717) is 6.04 Å². The van der Waals surface area contributed by atoms with E-state index in [9.17, 15) is 4.39 Å². The summed E-state index contributed by atoms with van der Waals surface area (Å²) in [7, 11) is 0. The van der Waals surface area contributed by atoms with E-state index >= 15 is 0 Å². The summed E-state index contributed by atoms with van der Waals surface area (Å²) >= 11 is 1.63.